The van der Waals surface area contributed by atoms with Crippen LogP contribution in [0.5, 0.6) is 11.5 Å². The van der Waals surface area contributed by atoms with Crippen LogP contribution in [0.1, 0.15) is 36.7 Å². The summed E-state index contributed by atoms with van der Waals surface area (Å²) in [7, 11) is 1.39. The Bertz CT molecular complexity index is 1190. The van der Waals surface area contributed by atoms with Gasteiger partial charge >= 0.3 is 0 Å². The average Bonchev–Trinajstić information content (AvgIpc) is 3.09. The zero-order valence-electron chi connectivity index (χ0n) is 17.1. The number of ether oxygens (including phenoxy) is 1. The first-order valence-corrected chi connectivity index (χ1v) is 9.10. The van der Waals surface area contributed by atoms with Gasteiger partial charge in [0.15, 0.2) is 0 Å². The van der Waals surface area contributed by atoms with Crippen molar-refractivity contribution in [1.29, 1.82) is 0 Å². The van der Waals surface area contributed by atoms with Gasteiger partial charge in [-0.25, -0.2) is 9.98 Å². The molecule has 2 amide bonds. The summed E-state index contributed by atoms with van der Waals surface area (Å²) < 4.78 is 7.03. The summed E-state index contributed by atoms with van der Waals surface area (Å²) in [5.41, 5.74) is 13.3. The number of aromatic nitrogens is 2. The number of rotatable bonds is 5. The van der Waals surface area contributed by atoms with Crippen molar-refractivity contribution < 1.29 is 19.4 Å². The highest BCUT2D eigenvalue weighted by molar-refractivity contribution is 6.00. The van der Waals surface area contributed by atoms with Crippen molar-refractivity contribution >= 4 is 23.3 Å². The van der Waals surface area contributed by atoms with Crippen molar-refractivity contribution in [2.75, 3.05) is 7.11 Å². The highest BCUT2D eigenvalue weighted by atomic mass is 16.5. The fraction of sp³-hybridized carbons (Fsp3) is 0.238. The molecule has 0 saturated carbocycles. The highest BCUT2D eigenvalue weighted by Crippen LogP contribution is 2.35. The third kappa shape index (κ3) is 3.57. The second-order valence-electron chi connectivity index (χ2n) is 7.37. The number of amides is 2. The number of nitrogens with two attached hydrogens (primary N) is 2. The first-order chi connectivity index (χ1) is 14.1. The van der Waals surface area contributed by atoms with Crippen LogP contribution in [0.15, 0.2) is 41.7 Å². The Kier molecular flexibility index (Phi) is 5.22. The molecule has 3 rings (SSSR count). The first-order valence-electron chi connectivity index (χ1n) is 9.10. The molecule has 9 heteroatoms. The van der Waals surface area contributed by atoms with Gasteiger partial charge in [0, 0.05) is 24.1 Å². The lowest BCUT2D eigenvalue weighted by Crippen LogP contribution is -2.36. The maximum atomic E-state index is 11.6. The number of phenols is 1. The van der Waals surface area contributed by atoms with Crippen LogP contribution < -0.4 is 16.2 Å². The van der Waals surface area contributed by atoms with E-state index in [2.05, 4.69) is 9.98 Å². The molecule has 5 N–H and O–H groups in total. The topological polar surface area (TPSA) is 145 Å². The monoisotopic (exact) mass is 409 g/mol. The van der Waals surface area contributed by atoms with Crippen molar-refractivity contribution in [3.05, 3.63) is 47.8 Å². The summed E-state index contributed by atoms with van der Waals surface area (Å²) in [5, 5.41) is 10.3. The van der Waals surface area contributed by atoms with Gasteiger partial charge in [-0.3, -0.25) is 14.0 Å². The van der Waals surface area contributed by atoms with Crippen molar-refractivity contribution in [2.24, 2.45) is 16.5 Å². The number of pyridine rings is 1. The molecule has 0 saturated heterocycles. The summed E-state index contributed by atoms with van der Waals surface area (Å²) in [6, 6.07) is 6.75. The maximum absolute atomic E-state index is 11.6. The highest BCUT2D eigenvalue weighted by Gasteiger charge is 2.27. The van der Waals surface area contributed by atoms with Crippen LogP contribution in [0.4, 0.5) is 0 Å². The van der Waals surface area contributed by atoms with E-state index < -0.39 is 11.3 Å². The molecule has 3 aromatic rings. The Labute approximate surface area is 173 Å². The molecular formula is C21H23N5O4. The number of fused-ring (bicyclic) bond motifs is 1. The number of amidine groups is 1. The molecule has 0 aliphatic rings. The number of nitrogens with zero attached hydrogens (tertiary/aromatic N) is 3. The second kappa shape index (κ2) is 7.51. The molecule has 0 spiro atoms. The number of aliphatic imine (C=N–C) groups is 1. The molecular weight excluding hydrogens is 386 g/mol. The van der Waals surface area contributed by atoms with E-state index in [9.17, 15) is 14.7 Å². The van der Waals surface area contributed by atoms with Gasteiger partial charge in [0.25, 0.3) is 5.91 Å². The summed E-state index contributed by atoms with van der Waals surface area (Å²) in [6.07, 6.45) is 3.44. The lowest BCUT2D eigenvalue weighted by Gasteiger charge is -2.24. The van der Waals surface area contributed by atoms with Crippen LogP contribution >= 0.6 is 0 Å². The number of hydrogen-bond donors (Lipinski definition) is 3. The molecule has 0 unspecified atom stereocenters. The van der Waals surface area contributed by atoms with Gasteiger partial charge < -0.3 is 21.3 Å². The molecule has 0 radical (unpaired) electrons. The number of methoxy groups -OCH3 is 1. The molecule has 2 heterocycles. The molecule has 1 aromatic carbocycles. The van der Waals surface area contributed by atoms with Crippen molar-refractivity contribution in [1.82, 2.24) is 9.38 Å². The minimum absolute atomic E-state index is 0.0839. The predicted molar refractivity (Wildman–Crippen MR) is 113 cm³/mol. The van der Waals surface area contributed by atoms with Gasteiger partial charge in [-0.2, -0.15) is 0 Å². The van der Waals surface area contributed by atoms with Crippen molar-refractivity contribution in [3.63, 3.8) is 0 Å². The van der Waals surface area contributed by atoms with E-state index >= 15 is 0 Å². The number of benzene rings is 1. The number of hydrogen-bond acceptors (Lipinski definition) is 5. The Morgan fingerprint density at radius 3 is 2.53 bits per heavy atom. The SMILES string of the molecule is COc1cc(-c2cnc3cc(C(C)(C)C(N)=NC(C)=O)ccn23)cc(O)c1C(N)=O. The third-order valence-corrected chi connectivity index (χ3v) is 5.00. The van der Waals surface area contributed by atoms with E-state index in [0.29, 0.717) is 16.9 Å². The van der Waals surface area contributed by atoms with E-state index in [4.69, 9.17) is 16.2 Å². The maximum Gasteiger partial charge on any atom is 0.256 e. The molecule has 9 nitrogen and oxygen atoms in total. The first kappa shape index (κ1) is 20.8. The summed E-state index contributed by atoms with van der Waals surface area (Å²) >= 11 is 0. The number of carbonyl (C=O) groups is 2. The summed E-state index contributed by atoms with van der Waals surface area (Å²) in [4.78, 5) is 31.2. The fourth-order valence-electron chi connectivity index (χ4n) is 3.20. The zero-order chi connectivity index (χ0) is 22.2. The largest absolute Gasteiger partial charge is 0.507 e. The van der Waals surface area contributed by atoms with E-state index in [1.54, 1.807) is 18.5 Å². The Morgan fingerprint density at radius 1 is 1.23 bits per heavy atom. The van der Waals surface area contributed by atoms with E-state index in [1.165, 1.54) is 20.1 Å². The molecule has 2 aromatic heterocycles. The van der Waals surface area contributed by atoms with Gasteiger partial charge in [0.1, 0.15) is 28.5 Å². The zero-order valence-corrected chi connectivity index (χ0v) is 17.1. The summed E-state index contributed by atoms with van der Waals surface area (Å²) in [5.74, 6) is -1.05. The minimum atomic E-state index is -0.786. The Morgan fingerprint density at radius 2 is 1.93 bits per heavy atom. The number of aromatic hydroxyl groups is 1. The van der Waals surface area contributed by atoms with Crippen LogP contribution in [0.2, 0.25) is 0 Å². The standard InChI is InChI=1S/C21H23N5O4/c1-11(27)25-20(23)21(2,3)13-5-6-26-14(10-24-17(26)9-13)12-7-15(28)18(19(22)29)16(8-12)30-4/h5-10,28H,1-4H3,(H2,22,29)(H2,23,25,27). The van der Waals surface area contributed by atoms with Crippen LogP contribution in [-0.4, -0.2) is 39.3 Å². The molecule has 0 atom stereocenters. The lowest BCUT2D eigenvalue weighted by atomic mass is 9.84. The van der Waals surface area contributed by atoms with E-state index in [-0.39, 0.29) is 28.8 Å². The predicted octanol–water partition coefficient (Wildman–Crippen LogP) is 2.00. The Balaban J connectivity index is 2.11. The van der Waals surface area contributed by atoms with Crippen molar-refractivity contribution in [2.45, 2.75) is 26.2 Å². The second-order valence-corrected chi connectivity index (χ2v) is 7.37. The normalized spacial score (nSPS) is 12.2. The van der Waals surface area contributed by atoms with Crippen molar-refractivity contribution in [3.8, 4) is 22.8 Å². The number of carbonyl (C=O) groups excluding carboxylic acids is 2. The van der Waals surface area contributed by atoms with Crippen LogP contribution in [-0.2, 0) is 10.2 Å². The number of primary amides is 1. The van der Waals surface area contributed by atoms with E-state index in [1.807, 2.05) is 30.4 Å². The van der Waals surface area contributed by atoms with Gasteiger partial charge in [-0.05, 0) is 43.7 Å². The quantitative estimate of drug-likeness (QED) is 0.434. The molecule has 0 aliphatic heterocycles. The van der Waals surface area contributed by atoms with E-state index in [0.717, 1.165) is 5.56 Å². The molecule has 30 heavy (non-hydrogen) atoms. The lowest BCUT2D eigenvalue weighted by molar-refractivity contribution is -0.115. The van der Waals surface area contributed by atoms with Gasteiger partial charge in [-0.1, -0.05) is 0 Å². The molecule has 0 aliphatic carbocycles. The minimum Gasteiger partial charge on any atom is -0.507 e. The molecule has 0 fully saturated rings. The van der Waals surface area contributed by atoms with Gasteiger partial charge in [0.05, 0.1) is 19.0 Å². The van der Waals surface area contributed by atoms with Gasteiger partial charge in [0.2, 0.25) is 5.91 Å². The number of imidazole rings is 1. The Hall–Kier alpha value is -3.88. The van der Waals surface area contributed by atoms with Crippen LogP contribution in [0.25, 0.3) is 16.9 Å². The third-order valence-electron chi connectivity index (χ3n) is 5.00. The molecule has 0 bridgehead atoms. The molecule has 156 valence electrons. The average molecular weight is 409 g/mol. The van der Waals surface area contributed by atoms with Crippen LogP contribution in [0, 0.1) is 0 Å². The van der Waals surface area contributed by atoms with Gasteiger partial charge in [-0.15, -0.1) is 0 Å². The van der Waals surface area contributed by atoms with Crippen LogP contribution in [0.3, 0.4) is 0 Å². The fourth-order valence-corrected chi connectivity index (χ4v) is 3.20. The smallest absolute Gasteiger partial charge is 0.256 e. The summed E-state index contributed by atoms with van der Waals surface area (Å²) in [6.45, 7) is 5.09.